The number of rotatable bonds is 4. The molecule has 1 unspecified atom stereocenters. The second-order valence-electron chi connectivity index (χ2n) is 7.42. The fourth-order valence-corrected chi connectivity index (χ4v) is 3.85. The number of nitriles is 1. The van der Waals surface area contributed by atoms with E-state index in [1.807, 2.05) is 53.4 Å². The van der Waals surface area contributed by atoms with Gasteiger partial charge in [-0.1, -0.05) is 24.3 Å². The van der Waals surface area contributed by atoms with E-state index in [2.05, 4.69) is 31.9 Å². The molecule has 5 rings (SSSR count). The minimum atomic E-state index is -0.676. The lowest BCUT2D eigenvalue weighted by atomic mass is 9.98. The minimum absolute atomic E-state index is 0.0953. The van der Waals surface area contributed by atoms with E-state index >= 15 is 0 Å². The molecule has 9 heteroatoms. The molecule has 1 atom stereocenters. The third-order valence-electron chi connectivity index (χ3n) is 5.55. The van der Waals surface area contributed by atoms with Crippen molar-refractivity contribution in [2.45, 2.75) is 19.1 Å². The van der Waals surface area contributed by atoms with Crippen LogP contribution in [0.3, 0.4) is 0 Å². The van der Waals surface area contributed by atoms with E-state index in [0.29, 0.717) is 11.5 Å². The number of fused-ring (bicyclic) bond motifs is 3. The van der Waals surface area contributed by atoms with Gasteiger partial charge in [-0.15, -0.1) is 5.10 Å². The van der Waals surface area contributed by atoms with Crippen LogP contribution in [-0.4, -0.2) is 48.1 Å². The molecule has 0 saturated carbocycles. The highest BCUT2D eigenvalue weighted by atomic mass is 16.3. The van der Waals surface area contributed by atoms with Gasteiger partial charge in [-0.2, -0.15) is 9.78 Å². The van der Waals surface area contributed by atoms with Crippen LogP contribution in [-0.2, 0) is 0 Å². The van der Waals surface area contributed by atoms with Crippen molar-refractivity contribution in [2.75, 3.05) is 18.4 Å². The third kappa shape index (κ3) is 3.32. The second-order valence-corrected chi connectivity index (χ2v) is 7.42. The summed E-state index contributed by atoms with van der Waals surface area (Å²) in [5.41, 5.74) is 3.80. The Kier molecular flexibility index (Phi) is 4.71. The van der Waals surface area contributed by atoms with Crippen LogP contribution in [0.25, 0.3) is 16.7 Å². The summed E-state index contributed by atoms with van der Waals surface area (Å²) in [5, 5.41) is 35.0. The molecule has 2 aromatic carbocycles. The van der Waals surface area contributed by atoms with E-state index < -0.39 is 6.23 Å². The fourth-order valence-electron chi connectivity index (χ4n) is 3.85. The Morgan fingerprint density at radius 2 is 1.87 bits per heavy atom. The number of para-hydroxylation sites is 2. The maximum Gasteiger partial charge on any atom is 0.222 e. The van der Waals surface area contributed by atoms with Crippen molar-refractivity contribution in [1.82, 2.24) is 29.9 Å². The van der Waals surface area contributed by atoms with Crippen LogP contribution in [0.5, 0.6) is 0 Å². The molecule has 9 nitrogen and oxygen atoms in total. The predicted molar refractivity (Wildman–Crippen MR) is 111 cm³/mol. The summed E-state index contributed by atoms with van der Waals surface area (Å²) in [6.45, 7) is 1.44. The van der Waals surface area contributed by atoms with Gasteiger partial charge in [0.25, 0.3) is 0 Å². The first-order valence-corrected chi connectivity index (χ1v) is 9.88. The molecule has 1 saturated heterocycles. The summed E-state index contributed by atoms with van der Waals surface area (Å²) in [4.78, 5) is 6.67. The van der Waals surface area contributed by atoms with Gasteiger partial charge in [-0.25, -0.2) is 4.98 Å². The Hall–Kier alpha value is -3.61. The molecule has 1 fully saturated rings. The molecule has 2 N–H and O–H groups in total. The molecule has 0 bridgehead atoms. The highest BCUT2D eigenvalue weighted by Crippen LogP contribution is 2.27. The molecule has 4 aromatic rings. The first-order valence-electron chi connectivity index (χ1n) is 9.88. The molecule has 0 radical (unpaired) electrons. The summed E-state index contributed by atoms with van der Waals surface area (Å²) >= 11 is 0. The number of benzene rings is 2. The standard InChI is InChI=1S/C21H20N8O/c22-13-14-9-11-28(12-10-14)21(30)15-5-7-16(8-6-15)23-19-20-25-26-27-29(20)18-4-2-1-3-17(18)24-19/h1-8,14,21,30H,9-12H2,(H,23,24). The van der Waals surface area contributed by atoms with Gasteiger partial charge in [0.05, 0.1) is 17.1 Å². The first kappa shape index (κ1) is 18.4. The number of piperidine rings is 1. The molecule has 150 valence electrons. The Morgan fingerprint density at radius 1 is 1.10 bits per heavy atom. The molecular weight excluding hydrogens is 380 g/mol. The summed E-state index contributed by atoms with van der Waals surface area (Å²) in [7, 11) is 0. The molecule has 30 heavy (non-hydrogen) atoms. The number of aliphatic hydroxyl groups is 1. The smallest absolute Gasteiger partial charge is 0.222 e. The Bertz CT molecular complexity index is 1220. The zero-order chi connectivity index (χ0) is 20.5. The SMILES string of the molecule is N#CC1CCN(C(O)c2ccc(Nc3nc4ccccc4n4nnnc34)cc2)CC1. The van der Waals surface area contributed by atoms with Gasteiger partial charge in [0.1, 0.15) is 6.23 Å². The van der Waals surface area contributed by atoms with E-state index in [1.165, 1.54) is 0 Å². The van der Waals surface area contributed by atoms with Crippen molar-refractivity contribution >= 4 is 28.2 Å². The Labute approximate surface area is 172 Å². The molecule has 3 heterocycles. The quantitative estimate of drug-likeness (QED) is 0.537. The van der Waals surface area contributed by atoms with Gasteiger partial charge in [0.2, 0.25) is 5.65 Å². The zero-order valence-electron chi connectivity index (χ0n) is 16.2. The average Bonchev–Trinajstić information content (AvgIpc) is 3.30. The second kappa shape index (κ2) is 7.67. The molecule has 1 aliphatic heterocycles. The van der Waals surface area contributed by atoms with Crippen molar-refractivity contribution < 1.29 is 5.11 Å². The van der Waals surface area contributed by atoms with Gasteiger partial charge < -0.3 is 10.4 Å². The third-order valence-corrected chi connectivity index (χ3v) is 5.55. The molecular formula is C21H20N8O. The van der Waals surface area contributed by atoms with Crippen LogP contribution in [0.4, 0.5) is 11.5 Å². The minimum Gasteiger partial charge on any atom is -0.374 e. The van der Waals surface area contributed by atoms with E-state index in [-0.39, 0.29) is 5.92 Å². The van der Waals surface area contributed by atoms with Gasteiger partial charge in [0, 0.05) is 24.7 Å². The maximum atomic E-state index is 10.7. The maximum absolute atomic E-state index is 10.7. The fraction of sp³-hybridized carbons (Fsp3) is 0.286. The predicted octanol–water partition coefficient (Wildman–Crippen LogP) is 2.64. The van der Waals surface area contributed by atoms with Crippen molar-refractivity contribution in [3.63, 3.8) is 0 Å². The Balaban J connectivity index is 1.36. The lowest BCUT2D eigenvalue weighted by Gasteiger charge is -2.33. The van der Waals surface area contributed by atoms with Crippen LogP contribution in [0.2, 0.25) is 0 Å². The molecule has 0 spiro atoms. The van der Waals surface area contributed by atoms with Crippen LogP contribution in [0, 0.1) is 17.2 Å². The zero-order valence-corrected chi connectivity index (χ0v) is 16.2. The van der Waals surface area contributed by atoms with Gasteiger partial charge >= 0.3 is 0 Å². The largest absolute Gasteiger partial charge is 0.374 e. The molecule has 0 amide bonds. The summed E-state index contributed by atoms with van der Waals surface area (Å²) in [6, 6.07) is 17.6. The summed E-state index contributed by atoms with van der Waals surface area (Å²) in [6.07, 6.45) is 0.914. The number of tetrazole rings is 1. The molecule has 2 aromatic heterocycles. The average molecular weight is 400 g/mol. The number of nitrogens with zero attached hydrogens (tertiary/aromatic N) is 7. The number of anilines is 2. The highest BCUT2D eigenvalue weighted by molar-refractivity contribution is 5.83. The molecule has 0 aliphatic carbocycles. The van der Waals surface area contributed by atoms with E-state index in [4.69, 9.17) is 5.26 Å². The monoisotopic (exact) mass is 400 g/mol. The summed E-state index contributed by atoms with van der Waals surface area (Å²) < 4.78 is 1.66. The lowest BCUT2D eigenvalue weighted by molar-refractivity contribution is -0.0148. The van der Waals surface area contributed by atoms with Crippen LogP contribution in [0.15, 0.2) is 48.5 Å². The van der Waals surface area contributed by atoms with Gasteiger partial charge in [-0.05, 0) is 53.1 Å². The topological polar surface area (TPSA) is 115 Å². The van der Waals surface area contributed by atoms with E-state index in [1.54, 1.807) is 4.52 Å². The summed E-state index contributed by atoms with van der Waals surface area (Å²) in [5.74, 6) is 0.656. The van der Waals surface area contributed by atoms with Crippen molar-refractivity contribution in [2.24, 2.45) is 5.92 Å². The van der Waals surface area contributed by atoms with Gasteiger partial charge in [0.15, 0.2) is 5.82 Å². The van der Waals surface area contributed by atoms with Gasteiger partial charge in [-0.3, -0.25) is 4.90 Å². The van der Waals surface area contributed by atoms with Crippen LogP contribution >= 0.6 is 0 Å². The van der Waals surface area contributed by atoms with Crippen LogP contribution in [0.1, 0.15) is 24.6 Å². The van der Waals surface area contributed by atoms with E-state index in [9.17, 15) is 5.11 Å². The molecule has 1 aliphatic rings. The number of aromatic nitrogens is 5. The lowest BCUT2D eigenvalue weighted by Crippen LogP contribution is -2.36. The normalized spacial score (nSPS) is 16.5. The van der Waals surface area contributed by atoms with E-state index in [0.717, 1.165) is 48.2 Å². The highest BCUT2D eigenvalue weighted by Gasteiger charge is 2.24. The number of hydrogen-bond acceptors (Lipinski definition) is 8. The number of likely N-dealkylation sites (tertiary alicyclic amines) is 1. The number of aliphatic hydroxyl groups excluding tert-OH is 1. The number of nitrogens with one attached hydrogen (secondary N) is 1. The number of hydrogen-bond donors (Lipinski definition) is 2. The van der Waals surface area contributed by atoms with Crippen molar-refractivity contribution in [1.29, 1.82) is 5.26 Å². The van der Waals surface area contributed by atoms with Crippen LogP contribution < -0.4 is 5.32 Å². The van der Waals surface area contributed by atoms with Crippen molar-refractivity contribution in [3.8, 4) is 6.07 Å². The first-order chi connectivity index (χ1) is 14.7. The van der Waals surface area contributed by atoms with Crippen molar-refractivity contribution in [3.05, 3.63) is 54.1 Å². The Morgan fingerprint density at radius 3 is 2.63 bits per heavy atom.